The molecule has 1 amide bonds. The SMILES string of the molecule is O=C1Nc2cc(Cl)ccc2/C1=C\c1cccnc1. The fourth-order valence-corrected chi connectivity index (χ4v) is 2.11. The average Bonchev–Trinajstić information content (AvgIpc) is 2.66. The Morgan fingerprint density at radius 2 is 2.17 bits per heavy atom. The smallest absolute Gasteiger partial charge is 0.256 e. The molecule has 4 heteroatoms. The molecule has 3 nitrogen and oxygen atoms in total. The van der Waals surface area contributed by atoms with Crippen molar-refractivity contribution in [1.82, 2.24) is 4.98 Å². The molecule has 18 heavy (non-hydrogen) atoms. The molecule has 0 spiro atoms. The van der Waals surface area contributed by atoms with E-state index in [0.717, 1.165) is 16.8 Å². The number of carbonyl (C=O) groups is 1. The standard InChI is InChI=1S/C14H9ClN2O/c15-10-3-4-11-12(14(18)17-13(11)7-10)6-9-2-1-5-16-8-9/h1-8H,(H,17,18)/b12-6+. The molecule has 2 aromatic rings. The number of hydrogen-bond acceptors (Lipinski definition) is 2. The van der Waals surface area contributed by atoms with Crippen molar-refractivity contribution in [1.29, 1.82) is 0 Å². The van der Waals surface area contributed by atoms with E-state index in [1.54, 1.807) is 24.5 Å². The van der Waals surface area contributed by atoms with E-state index < -0.39 is 0 Å². The van der Waals surface area contributed by atoms with Gasteiger partial charge in [-0.25, -0.2) is 0 Å². The lowest BCUT2D eigenvalue weighted by molar-refractivity contribution is -0.110. The summed E-state index contributed by atoms with van der Waals surface area (Å²) >= 11 is 5.90. The molecule has 0 bridgehead atoms. The van der Waals surface area contributed by atoms with Crippen LogP contribution in [0, 0.1) is 0 Å². The lowest BCUT2D eigenvalue weighted by Crippen LogP contribution is -2.03. The van der Waals surface area contributed by atoms with Crippen LogP contribution in [0.2, 0.25) is 5.02 Å². The summed E-state index contributed by atoms with van der Waals surface area (Å²) in [6.07, 6.45) is 5.24. The summed E-state index contributed by atoms with van der Waals surface area (Å²) in [5, 5.41) is 3.40. The molecule has 3 rings (SSSR count). The second-order valence-electron chi connectivity index (χ2n) is 3.99. The first-order valence-electron chi connectivity index (χ1n) is 5.47. The molecule has 1 aliphatic heterocycles. The number of nitrogens with one attached hydrogen (secondary N) is 1. The molecule has 0 aliphatic carbocycles. The van der Waals surface area contributed by atoms with Gasteiger partial charge in [-0.15, -0.1) is 0 Å². The van der Waals surface area contributed by atoms with Crippen molar-refractivity contribution in [2.24, 2.45) is 0 Å². The van der Waals surface area contributed by atoms with Gasteiger partial charge in [0, 0.05) is 28.6 Å². The van der Waals surface area contributed by atoms with Gasteiger partial charge in [0.05, 0.1) is 5.69 Å². The lowest BCUT2D eigenvalue weighted by Gasteiger charge is -1.98. The first kappa shape index (κ1) is 11.0. The molecule has 1 N–H and O–H groups in total. The van der Waals surface area contributed by atoms with Gasteiger partial charge in [0.15, 0.2) is 0 Å². The van der Waals surface area contributed by atoms with Crippen LogP contribution in [0.5, 0.6) is 0 Å². The molecule has 1 aromatic carbocycles. The molecule has 88 valence electrons. The van der Waals surface area contributed by atoms with E-state index in [2.05, 4.69) is 10.3 Å². The molecule has 0 unspecified atom stereocenters. The number of pyridine rings is 1. The second-order valence-corrected chi connectivity index (χ2v) is 4.42. The van der Waals surface area contributed by atoms with E-state index in [0.29, 0.717) is 10.6 Å². The number of carbonyl (C=O) groups excluding carboxylic acids is 1. The van der Waals surface area contributed by atoms with Crippen molar-refractivity contribution in [2.75, 3.05) is 5.32 Å². The topological polar surface area (TPSA) is 42.0 Å². The van der Waals surface area contributed by atoms with E-state index in [9.17, 15) is 4.79 Å². The fourth-order valence-electron chi connectivity index (χ4n) is 1.94. The van der Waals surface area contributed by atoms with Crippen LogP contribution >= 0.6 is 11.6 Å². The van der Waals surface area contributed by atoms with Gasteiger partial charge >= 0.3 is 0 Å². The molecule has 0 saturated carbocycles. The van der Waals surface area contributed by atoms with E-state index in [-0.39, 0.29) is 5.91 Å². The fraction of sp³-hybridized carbons (Fsp3) is 0. The molecule has 0 radical (unpaired) electrons. The minimum absolute atomic E-state index is 0.115. The largest absolute Gasteiger partial charge is 0.321 e. The summed E-state index contributed by atoms with van der Waals surface area (Å²) in [6.45, 7) is 0. The highest BCUT2D eigenvalue weighted by Crippen LogP contribution is 2.34. The third-order valence-electron chi connectivity index (χ3n) is 2.76. The zero-order valence-electron chi connectivity index (χ0n) is 9.35. The van der Waals surface area contributed by atoms with Crippen molar-refractivity contribution < 1.29 is 4.79 Å². The normalized spacial score (nSPS) is 15.6. The van der Waals surface area contributed by atoms with Gasteiger partial charge in [0.2, 0.25) is 0 Å². The summed E-state index contributed by atoms with van der Waals surface area (Å²) in [5.41, 5.74) is 3.15. The highest BCUT2D eigenvalue weighted by Gasteiger charge is 2.23. The Morgan fingerprint density at radius 1 is 1.28 bits per heavy atom. The second kappa shape index (κ2) is 4.27. The minimum atomic E-state index is -0.115. The zero-order chi connectivity index (χ0) is 12.5. The van der Waals surface area contributed by atoms with Gasteiger partial charge in [-0.05, 0) is 29.8 Å². The zero-order valence-corrected chi connectivity index (χ0v) is 10.1. The Hall–Kier alpha value is -2.13. The van der Waals surface area contributed by atoms with Crippen molar-refractivity contribution in [3.63, 3.8) is 0 Å². The Labute approximate surface area is 109 Å². The molecular weight excluding hydrogens is 248 g/mol. The number of amides is 1. The Balaban J connectivity index is 2.10. The molecule has 2 heterocycles. The number of rotatable bonds is 1. The third kappa shape index (κ3) is 1.89. The Bertz CT molecular complexity index is 650. The first-order chi connectivity index (χ1) is 8.74. The average molecular weight is 257 g/mol. The molecule has 1 aliphatic rings. The molecular formula is C14H9ClN2O. The predicted molar refractivity (Wildman–Crippen MR) is 72.2 cm³/mol. The van der Waals surface area contributed by atoms with Gasteiger partial charge in [0.1, 0.15) is 0 Å². The quantitative estimate of drug-likeness (QED) is 0.796. The van der Waals surface area contributed by atoms with Gasteiger partial charge in [-0.2, -0.15) is 0 Å². The van der Waals surface area contributed by atoms with Gasteiger partial charge in [-0.1, -0.05) is 23.7 Å². The first-order valence-corrected chi connectivity index (χ1v) is 5.85. The molecule has 0 fully saturated rings. The molecule has 1 aromatic heterocycles. The summed E-state index contributed by atoms with van der Waals surface area (Å²) < 4.78 is 0. The van der Waals surface area contributed by atoms with Gasteiger partial charge in [0.25, 0.3) is 5.91 Å². The van der Waals surface area contributed by atoms with Crippen molar-refractivity contribution >= 4 is 34.8 Å². The maximum atomic E-state index is 11.9. The Morgan fingerprint density at radius 3 is 2.94 bits per heavy atom. The Kier molecular flexibility index (Phi) is 2.61. The van der Waals surface area contributed by atoms with Crippen LogP contribution < -0.4 is 5.32 Å². The van der Waals surface area contributed by atoms with Crippen LogP contribution in [-0.4, -0.2) is 10.9 Å². The van der Waals surface area contributed by atoms with Gasteiger partial charge < -0.3 is 5.32 Å². The van der Waals surface area contributed by atoms with Crippen molar-refractivity contribution in [3.05, 3.63) is 58.9 Å². The van der Waals surface area contributed by atoms with Crippen LogP contribution in [0.25, 0.3) is 11.6 Å². The van der Waals surface area contributed by atoms with Gasteiger partial charge in [-0.3, -0.25) is 9.78 Å². The number of anilines is 1. The summed E-state index contributed by atoms with van der Waals surface area (Å²) in [4.78, 5) is 15.9. The number of benzene rings is 1. The maximum absolute atomic E-state index is 11.9. The van der Waals surface area contributed by atoms with E-state index in [1.807, 2.05) is 24.3 Å². The highest BCUT2D eigenvalue weighted by atomic mass is 35.5. The van der Waals surface area contributed by atoms with Crippen LogP contribution in [0.3, 0.4) is 0 Å². The predicted octanol–water partition coefficient (Wildman–Crippen LogP) is 3.23. The van der Waals surface area contributed by atoms with Crippen LogP contribution in [0.4, 0.5) is 5.69 Å². The number of hydrogen-bond donors (Lipinski definition) is 1. The number of fused-ring (bicyclic) bond motifs is 1. The maximum Gasteiger partial charge on any atom is 0.256 e. The van der Waals surface area contributed by atoms with E-state index in [1.165, 1.54) is 0 Å². The summed E-state index contributed by atoms with van der Waals surface area (Å²) in [6, 6.07) is 9.11. The minimum Gasteiger partial charge on any atom is -0.321 e. The van der Waals surface area contributed by atoms with E-state index >= 15 is 0 Å². The monoisotopic (exact) mass is 256 g/mol. The number of nitrogens with zero attached hydrogens (tertiary/aromatic N) is 1. The number of halogens is 1. The van der Waals surface area contributed by atoms with Crippen LogP contribution in [-0.2, 0) is 4.79 Å². The van der Waals surface area contributed by atoms with Crippen LogP contribution in [0.15, 0.2) is 42.7 Å². The highest BCUT2D eigenvalue weighted by molar-refractivity contribution is 6.36. The number of aromatic nitrogens is 1. The summed E-state index contributed by atoms with van der Waals surface area (Å²) in [7, 11) is 0. The van der Waals surface area contributed by atoms with E-state index in [4.69, 9.17) is 11.6 Å². The van der Waals surface area contributed by atoms with Crippen molar-refractivity contribution in [3.8, 4) is 0 Å². The molecule has 0 saturated heterocycles. The molecule has 0 atom stereocenters. The summed E-state index contributed by atoms with van der Waals surface area (Å²) in [5.74, 6) is -0.115. The lowest BCUT2D eigenvalue weighted by atomic mass is 10.1. The van der Waals surface area contributed by atoms with Crippen LogP contribution in [0.1, 0.15) is 11.1 Å². The third-order valence-corrected chi connectivity index (χ3v) is 3.00. The van der Waals surface area contributed by atoms with Crippen molar-refractivity contribution in [2.45, 2.75) is 0 Å².